The van der Waals surface area contributed by atoms with Crippen LogP contribution in [0.1, 0.15) is 11.3 Å². The van der Waals surface area contributed by atoms with Crippen LogP contribution in [0.25, 0.3) is 11.5 Å². The van der Waals surface area contributed by atoms with Crippen molar-refractivity contribution in [3.8, 4) is 11.5 Å². The minimum atomic E-state index is -0.190. The van der Waals surface area contributed by atoms with E-state index < -0.39 is 0 Å². The zero-order valence-corrected chi connectivity index (χ0v) is 15.3. The predicted molar refractivity (Wildman–Crippen MR) is 105 cm³/mol. The standard InChI is InChI=1S/C19H16ClN3O2S/c20-18-16(22-19(25-18)15-9-5-2-6-10-15)11-21-23-17(24)13-26-12-14-7-3-1-4-8-14/h1-11H,12-13H2,(H,23,24)/b21-11+. The van der Waals surface area contributed by atoms with Gasteiger partial charge >= 0.3 is 0 Å². The van der Waals surface area contributed by atoms with Gasteiger partial charge in [-0.15, -0.1) is 11.8 Å². The molecule has 1 heterocycles. The smallest absolute Gasteiger partial charge is 0.250 e. The van der Waals surface area contributed by atoms with Crippen molar-refractivity contribution in [2.24, 2.45) is 5.10 Å². The summed E-state index contributed by atoms with van der Waals surface area (Å²) in [7, 11) is 0. The number of nitrogens with zero attached hydrogens (tertiary/aromatic N) is 2. The maximum Gasteiger partial charge on any atom is 0.250 e. The first-order valence-electron chi connectivity index (χ1n) is 7.87. The van der Waals surface area contributed by atoms with E-state index in [0.717, 1.165) is 11.3 Å². The van der Waals surface area contributed by atoms with Gasteiger partial charge in [0.1, 0.15) is 5.69 Å². The van der Waals surface area contributed by atoms with Crippen LogP contribution >= 0.6 is 23.4 Å². The average Bonchev–Trinajstić information content (AvgIpc) is 3.04. The summed E-state index contributed by atoms with van der Waals surface area (Å²) in [6.07, 6.45) is 1.37. The van der Waals surface area contributed by atoms with Crippen molar-refractivity contribution in [2.75, 3.05) is 5.75 Å². The average molecular weight is 386 g/mol. The van der Waals surface area contributed by atoms with Gasteiger partial charge < -0.3 is 4.42 Å². The van der Waals surface area contributed by atoms with Crippen molar-refractivity contribution in [2.45, 2.75) is 5.75 Å². The molecule has 1 N–H and O–H groups in total. The molecule has 5 nitrogen and oxygen atoms in total. The monoisotopic (exact) mass is 385 g/mol. The van der Waals surface area contributed by atoms with Crippen LogP contribution in [0.4, 0.5) is 0 Å². The molecule has 0 aliphatic carbocycles. The van der Waals surface area contributed by atoms with Crippen LogP contribution in [0.2, 0.25) is 5.22 Å². The Morgan fingerprint density at radius 3 is 2.58 bits per heavy atom. The zero-order valence-electron chi connectivity index (χ0n) is 13.8. The van der Waals surface area contributed by atoms with Gasteiger partial charge in [0.2, 0.25) is 17.0 Å². The fraction of sp³-hybridized carbons (Fsp3) is 0.105. The molecule has 0 bridgehead atoms. The molecule has 0 fully saturated rings. The highest BCUT2D eigenvalue weighted by atomic mass is 35.5. The number of hydrazone groups is 1. The molecule has 1 aromatic heterocycles. The van der Waals surface area contributed by atoms with E-state index in [1.165, 1.54) is 23.5 Å². The Bertz CT molecular complexity index is 882. The van der Waals surface area contributed by atoms with Gasteiger partial charge in [0.05, 0.1) is 12.0 Å². The summed E-state index contributed by atoms with van der Waals surface area (Å²) < 4.78 is 5.42. The quantitative estimate of drug-likeness (QED) is 0.484. The fourth-order valence-electron chi connectivity index (χ4n) is 2.13. The van der Waals surface area contributed by atoms with Gasteiger partial charge in [0, 0.05) is 11.3 Å². The van der Waals surface area contributed by atoms with E-state index in [9.17, 15) is 4.79 Å². The number of nitrogens with one attached hydrogen (secondary N) is 1. The molecule has 0 radical (unpaired) electrons. The van der Waals surface area contributed by atoms with Gasteiger partial charge in [0.15, 0.2) is 0 Å². The Balaban J connectivity index is 1.49. The fourth-order valence-corrected chi connectivity index (χ4v) is 3.07. The summed E-state index contributed by atoms with van der Waals surface area (Å²) in [5.74, 6) is 1.30. The van der Waals surface area contributed by atoms with E-state index in [0.29, 0.717) is 17.3 Å². The summed E-state index contributed by atoms with van der Waals surface area (Å²) >= 11 is 7.54. The number of hydrogen-bond donors (Lipinski definition) is 1. The third-order valence-corrected chi connectivity index (χ3v) is 4.63. The van der Waals surface area contributed by atoms with Crippen LogP contribution < -0.4 is 5.43 Å². The number of halogens is 1. The lowest BCUT2D eigenvalue weighted by Gasteiger charge is -2.00. The number of carbonyl (C=O) groups is 1. The molecule has 3 aromatic rings. The summed E-state index contributed by atoms with van der Waals surface area (Å²) in [4.78, 5) is 16.1. The molecule has 7 heteroatoms. The van der Waals surface area contributed by atoms with Crippen LogP contribution in [0.3, 0.4) is 0 Å². The molecule has 26 heavy (non-hydrogen) atoms. The summed E-state index contributed by atoms with van der Waals surface area (Å²) in [6.45, 7) is 0. The molecule has 0 saturated heterocycles. The van der Waals surface area contributed by atoms with Crippen molar-refractivity contribution in [3.05, 3.63) is 77.1 Å². The molecule has 0 aliphatic rings. The zero-order chi connectivity index (χ0) is 18.2. The van der Waals surface area contributed by atoms with E-state index in [1.54, 1.807) is 0 Å². The number of aromatic nitrogens is 1. The number of amides is 1. The van der Waals surface area contributed by atoms with Crippen molar-refractivity contribution in [3.63, 3.8) is 0 Å². The minimum Gasteiger partial charge on any atom is -0.424 e. The highest BCUT2D eigenvalue weighted by molar-refractivity contribution is 7.99. The molecule has 132 valence electrons. The highest BCUT2D eigenvalue weighted by Gasteiger charge is 2.11. The number of carbonyl (C=O) groups excluding carboxylic acids is 1. The molecule has 0 saturated carbocycles. The number of hydrogen-bond acceptors (Lipinski definition) is 5. The first kappa shape index (κ1) is 18.2. The molecule has 2 aromatic carbocycles. The van der Waals surface area contributed by atoms with E-state index in [4.69, 9.17) is 16.0 Å². The van der Waals surface area contributed by atoms with Gasteiger partial charge in [-0.2, -0.15) is 5.10 Å². The summed E-state index contributed by atoms with van der Waals surface area (Å²) in [6, 6.07) is 19.4. The lowest BCUT2D eigenvalue weighted by atomic mass is 10.2. The molecule has 1 amide bonds. The first-order valence-corrected chi connectivity index (χ1v) is 9.41. The van der Waals surface area contributed by atoms with E-state index in [1.807, 2.05) is 60.7 Å². The Hall–Kier alpha value is -2.57. The van der Waals surface area contributed by atoms with Crippen LogP contribution in [0, 0.1) is 0 Å². The SMILES string of the molecule is O=C(CSCc1ccccc1)N/N=C/c1nc(-c2ccccc2)oc1Cl. The molecule has 0 unspecified atom stereocenters. The van der Waals surface area contributed by atoms with Crippen molar-refractivity contribution < 1.29 is 9.21 Å². The Kier molecular flexibility index (Phi) is 6.46. The minimum absolute atomic E-state index is 0.125. The molecule has 3 rings (SSSR count). The third-order valence-electron chi connectivity index (χ3n) is 3.35. The van der Waals surface area contributed by atoms with E-state index in [-0.39, 0.29) is 11.1 Å². The Morgan fingerprint density at radius 1 is 1.15 bits per heavy atom. The lowest BCUT2D eigenvalue weighted by Crippen LogP contribution is -2.19. The summed E-state index contributed by atoms with van der Waals surface area (Å²) in [5, 5.41) is 4.02. The van der Waals surface area contributed by atoms with E-state index >= 15 is 0 Å². The van der Waals surface area contributed by atoms with Gasteiger partial charge in [0.25, 0.3) is 0 Å². The van der Waals surface area contributed by atoms with Crippen molar-refractivity contribution >= 4 is 35.5 Å². The number of benzene rings is 2. The second kappa shape index (κ2) is 9.22. The maximum absolute atomic E-state index is 11.8. The summed E-state index contributed by atoms with van der Waals surface area (Å²) in [5.41, 5.74) is 4.82. The van der Waals surface area contributed by atoms with Gasteiger partial charge in [-0.3, -0.25) is 4.79 Å². The first-order chi connectivity index (χ1) is 12.7. The second-order valence-electron chi connectivity index (χ2n) is 5.32. The van der Waals surface area contributed by atoms with Crippen LogP contribution in [0.5, 0.6) is 0 Å². The second-order valence-corrected chi connectivity index (χ2v) is 6.64. The maximum atomic E-state index is 11.8. The van der Waals surface area contributed by atoms with Gasteiger partial charge in [-0.05, 0) is 29.3 Å². The third kappa shape index (κ3) is 5.21. The van der Waals surface area contributed by atoms with Crippen LogP contribution in [-0.2, 0) is 10.5 Å². The topological polar surface area (TPSA) is 67.5 Å². The van der Waals surface area contributed by atoms with Crippen LogP contribution in [-0.4, -0.2) is 22.9 Å². The number of thioether (sulfide) groups is 1. The molecule has 0 aliphatic heterocycles. The Morgan fingerprint density at radius 2 is 1.85 bits per heavy atom. The van der Waals surface area contributed by atoms with Crippen molar-refractivity contribution in [1.29, 1.82) is 0 Å². The largest absolute Gasteiger partial charge is 0.424 e. The molecular weight excluding hydrogens is 370 g/mol. The Labute approximate surface area is 160 Å². The molecular formula is C19H16ClN3O2S. The normalized spacial score (nSPS) is 11.0. The molecule has 0 atom stereocenters. The van der Waals surface area contributed by atoms with Crippen LogP contribution in [0.15, 0.2) is 70.2 Å². The van der Waals surface area contributed by atoms with Crippen molar-refractivity contribution in [1.82, 2.24) is 10.4 Å². The van der Waals surface area contributed by atoms with Gasteiger partial charge in [-0.1, -0.05) is 48.5 Å². The number of oxazole rings is 1. The number of rotatable bonds is 7. The van der Waals surface area contributed by atoms with Gasteiger partial charge in [-0.25, -0.2) is 10.4 Å². The predicted octanol–water partition coefficient (Wildman–Crippen LogP) is 4.38. The molecule has 0 spiro atoms. The lowest BCUT2D eigenvalue weighted by molar-refractivity contribution is -0.118. The highest BCUT2D eigenvalue weighted by Crippen LogP contribution is 2.24. The van der Waals surface area contributed by atoms with E-state index in [2.05, 4.69) is 15.5 Å².